The minimum absolute atomic E-state index is 0.0373. The van der Waals surface area contributed by atoms with Crippen molar-refractivity contribution in [3.05, 3.63) is 0 Å². The van der Waals surface area contributed by atoms with Gasteiger partial charge in [0, 0.05) is 43.4 Å². The van der Waals surface area contributed by atoms with Crippen molar-refractivity contribution < 1.29 is 58.8 Å². The zero-order valence-electron chi connectivity index (χ0n) is 23.0. The van der Waals surface area contributed by atoms with E-state index in [9.17, 15) is 54.1 Å². The molecule has 2 unspecified atom stereocenters. The van der Waals surface area contributed by atoms with Crippen LogP contribution in [0, 0.1) is 46.3 Å². The number of hydrogen-bond donors (Lipinski definition) is 0. The van der Waals surface area contributed by atoms with E-state index in [0.717, 1.165) is 0 Å². The summed E-state index contributed by atoms with van der Waals surface area (Å²) in [6.45, 7) is 5.53. The van der Waals surface area contributed by atoms with Crippen LogP contribution in [-0.4, -0.2) is 53.8 Å². The molecule has 0 aromatic heterocycles. The van der Waals surface area contributed by atoms with E-state index in [4.69, 9.17) is 0 Å². The molecular weight excluding hydrogens is 579 g/mol. The van der Waals surface area contributed by atoms with E-state index in [1.54, 1.807) is 13.8 Å². The summed E-state index contributed by atoms with van der Waals surface area (Å²) in [5, 5.41) is -5.92. The van der Waals surface area contributed by atoms with Crippen molar-refractivity contribution in [2.45, 2.75) is 96.1 Å². The highest BCUT2D eigenvalue weighted by Gasteiger charge is 2.66. The molecule has 0 spiro atoms. The summed E-state index contributed by atoms with van der Waals surface area (Å²) in [7, 11) is -6.79. The maximum absolute atomic E-state index is 13.8. The Kier molecular flexibility index (Phi) is 8.06. The van der Waals surface area contributed by atoms with E-state index in [0.29, 0.717) is 32.1 Å². The molecule has 0 amide bonds. The monoisotopic (exact) mass is 613 g/mol. The average molecular weight is 614 g/mol. The van der Waals surface area contributed by atoms with Gasteiger partial charge in [-0.1, -0.05) is 20.8 Å². The van der Waals surface area contributed by atoms with E-state index < -0.39 is 51.4 Å². The predicted molar refractivity (Wildman–Crippen MR) is 130 cm³/mol. The second-order valence-corrected chi connectivity index (χ2v) is 14.3. The zero-order valence-corrected chi connectivity index (χ0v) is 23.8. The molecule has 0 radical (unpaired) electrons. The van der Waals surface area contributed by atoms with Crippen LogP contribution in [0.3, 0.4) is 0 Å². The normalized spacial score (nSPS) is 37.6. The van der Waals surface area contributed by atoms with Crippen molar-refractivity contribution in [1.82, 2.24) is 0 Å². The third kappa shape index (κ3) is 5.25. The van der Waals surface area contributed by atoms with Gasteiger partial charge in [-0.3, -0.25) is 19.2 Å². The summed E-state index contributed by atoms with van der Waals surface area (Å²) in [6.07, 6.45) is -8.53. The molecule has 0 N–H and O–H groups in total. The molecule has 0 aliphatic heterocycles. The van der Waals surface area contributed by atoms with Crippen molar-refractivity contribution in [2.75, 3.05) is 0 Å². The predicted octanol–water partition coefficient (Wildman–Crippen LogP) is 4.60. The molecule has 0 saturated heterocycles. The summed E-state index contributed by atoms with van der Waals surface area (Å²) in [5.74, 6) is -3.35. The first-order valence-corrected chi connectivity index (χ1v) is 15.2. The number of rotatable bonds is 7. The molecule has 0 aromatic carbocycles. The smallest absolute Gasteiger partial charge is 0.432 e. The quantitative estimate of drug-likeness (QED) is 0.231. The summed E-state index contributed by atoms with van der Waals surface area (Å²) >= 11 is 0. The van der Waals surface area contributed by atoms with E-state index in [1.807, 2.05) is 0 Å². The number of esters is 1. The molecule has 8 nitrogen and oxygen atoms in total. The minimum Gasteiger partial charge on any atom is -0.743 e. The van der Waals surface area contributed by atoms with Gasteiger partial charge in [0.25, 0.3) is 6.10 Å². The van der Waals surface area contributed by atoms with Gasteiger partial charge in [0.05, 0.1) is 0 Å². The van der Waals surface area contributed by atoms with E-state index in [-0.39, 0.29) is 71.6 Å². The number of alkyl halides is 5. The molecule has 41 heavy (non-hydrogen) atoms. The molecule has 14 heteroatoms. The second kappa shape index (κ2) is 10.3. The number of fused-ring (bicyclic) bond motifs is 5. The Morgan fingerprint density at radius 1 is 1.05 bits per heavy atom. The third-order valence-corrected chi connectivity index (χ3v) is 11.8. The van der Waals surface area contributed by atoms with Gasteiger partial charge in [0.2, 0.25) is 0 Å². The third-order valence-electron chi connectivity index (χ3n) is 10.9. The van der Waals surface area contributed by atoms with Gasteiger partial charge in [0.15, 0.2) is 10.1 Å². The summed E-state index contributed by atoms with van der Waals surface area (Å²) in [6, 6.07) is 0. The number of carbonyl (C=O) groups excluding carboxylic acids is 4. The molecule has 0 heterocycles. The topological polar surface area (TPSA) is 135 Å². The molecule has 0 aromatic rings. The van der Waals surface area contributed by atoms with Crippen LogP contribution in [0.2, 0.25) is 0 Å². The number of carbonyl (C=O) groups is 4. The molecule has 4 aliphatic carbocycles. The fourth-order valence-corrected chi connectivity index (χ4v) is 9.03. The maximum atomic E-state index is 13.8. The van der Waals surface area contributed by atoms with Gasteiger partial charge in [-0.25, -0.2) is 8.42 Å². The van der Waals surface area contributed by atoms with Crippen LogP contribution in [0.4, 0.5) is 22.0 Å². The number of halogens is 5. The highest BCUT2D eigenvalue weighted by molar-refractivity contribution is 7.86. The van der Waals surface area contributed by atoms with E-state index in [2.05, 4.69) is 11.7 Å². The second-order valence-electron chi connectivity index (χ2n) is 12.9. The first kappa shape index (κ1) is 32.0. The van der Waals surface area contributed by atoms with Gasteiger partial charge < -0.3 is 9.29 Å². The molecule has 4 aliphatic rings. The first-order valence-electron chi connectivity index (χ1n) is 13.8. The molecule has 4 rings (SSSR count). The molecule has 4 fully saturated rings. The van der Waals surface area contributed by atoms with Gasteiger partial charge in [0.1, 0.15) is 17.3 Å². The number of hydrogen-bond acceptors (Lipinski definition) is 8. The highest BCUT2D eigenvalue weighted by atomic mass is 32.2. The maximum Gasteiger partial charge on any atom is 0.432 e. The molecular formula is C27H34F5O8S-. The Morgan fingerprint density at radius 3 is 2.27 bits per heavy atom. The number of Topliss-reactive ketones (excluding diaryl/α,β-unsaturated/α-hetero) is 3. The SMILES string of the molecule is C[C@H](CCC(=O)OC(C(F)(F)F)C(F)(F)S(=O)(=O)[O-])[C@H]1CC[C@H]2C3C(=O)C[C@@H]4CC(=O)CC[C@]4(C)[C@H]3CC(=O)[C@]12C. The van der Waals surface area contributed by atoms with Gasteiger partial charge in [-0.15, -0.1) is 0 Å². The largest absolute Gasteiger partial charge is 0.743 e. The van der Waals surface area contributed by atoms with Crippen LogP contribution in [0.15, 0.2) is 0 Å². The zero-order chi connectivity index (χ0) is 30.9. The van der Waals surface area contributed by atoms with E-state index >= 15 is 0 Å². The van der Waals surface area contributed by atoms with Crippen LogP contribution in [0.25, 0.3) is 0 Å². The van der Waals surface area contributed by atoms with Crippen molar-refractivity contribution in [3.63, 3.8) is 0 Å². The lowest BCUT2D eigenvalue weighted by molar-refractivity contribution is -0.259. The Labute approximate surface area is 234 Å². The Morgan fingerprint density at radius 2 is 1.68 bits per heavy atom. The lowest BCUT2D eigenvalue weighted by atomic mass is 9.44. The summed E-state index contributed by atoms with van der Waals surface area (Å²) in [4.78, 5) is 51.5. The Hall–Kier alpha value is -1.96. The summed E-state index contributed by atoms with van der Waals surface area (Å²) < 4.78 is 103. The fourth-order valence-electron chi connectivity index (χ4n) is 8.58. The fraction of sp³-hybridized carbons (Fsp3) is 0.852. The van der Waals surface area contributed by atoms with Gasteiger partial charge in [-0.05, 0) is 60.7 Å². The summed E-state index contributed by atoms with van der Waals surface area (Å²) in [5.41, 5.74) is -1.25. The minimum atomic E-state index is -6.79. The molecule has 232 valence electrons. The van der Waals surface area contributed by atoms with Crippen molar-refractivity contribution in [2.24, 2.45) is 46.3 Å². The van der Waals surface area contributed by atoms with Crippen LogP contribution in [0.5, 0.6) is 0 Å². The number of ketones is 3. The van der Waals surface area contributed by atoms with Crippen LogP contribution in [-0.2, 0) is 34.0 Å². The van der Waals surface area contributed by atoms with Crippen LogP contribution < -0.4 is 0 Å². The molecule has 9 atom stereocenters. The van der Waals surface area contributed by atoms with Gasteiger partial charge >= 0.3 is 17.4 Å². The molecule has 0 bridgehead atoms. The lowest BCUT2D eigenvalue weighted by Gasteiger charge is -2.58. The Balaban J connectivity index is 1.47. The van der Waals surface area contributed by atoms with Crippen molar-refractivity contribution in [1.29, 1.82) is 0 Å². The van der Waals surface area contributed by atoms with Crippen molar-refractivity contribution in [3.8, 4) is 0 Å². The Bertz CT molecular complexity index is 1230. The standard InChI is InChI=1S/C27H35F5O8S/c1-13(4-7-21(36)40-23(26(28,29)30)27(31,32)41(37,38)39)16-5-6-17-22-18(12-20(35)25(16,17)3)24(2)9-8-15(33)10-14(24)11-19(22)34/h13-14,16-18,22-23H,4-12H2,1-3H3,(H,37,38,39)/p-1/t13-,14+,16-,17+,18+,22?,23?,24+,25-/m1/s1. The van der Waals surface area contributed by atoms with Crippen LogP contribution >= 0.6 is 0 Å². The average Bonchev–Trinajstić information content (AvgIpc) is 3.19. The number of ether oxygens (including phenoxy) is 1. The van der Waals surface area contributed by atoms with Crippen LogP contribution in [0.1, 0.15) is 78.6 Å². The lowest BCUT2D eigenvalue weighted by Crippen LogP contribution is -2.60. The first-order chi connectivity index (χ1) is 18.7. The van der Waals surface area contributed by atoms with E-state index in [1.165, 1.54) is 0 Å². The van der Waals surface area contributed by atoms with Crippen molar-refractivity contribution >= 4 is 33.4 Å². The van der Waals surface area contributed by atoms with Gasteiger partial charge in [-0.2, -0.15) is 22.0 Å². The molecule has 4 saturated carbocycles. The highest BCUT2D eigenvalue weighted by Crippen LogP contribution is 2.66.